The highest BCUT2D eigenvalue weighted by atomic mass is 19.2. The molecule has 2 aromatic rings. The first-order valence-corrected chi connectivity index (χ1v) is 13.4. The van der Waals surface area contributed by atoms with Crippen LogP contribution in [0.4, 0.5) is 14.5 Å². The van der Waals surface area contributed by atoms with Gasteiger partial charge in [-0.2, -0.15) is 5.10 Å². The number of halogens is 2. The number of rotatable bonds is 5. The third-order valence-electron chi connectivity index (χ3n) is 6.86. The molecule has 37 heavy (non-hydrogen) atoms. The maximum atomic E-state index is 14.5. The van der Waals surface area contributed by atoms with Crippen molar-refractivity contribution in [3.05, 3.63) is 46.8 Å². The highest BCUT2D eigenvalue weighted by molar-refractivity contribution is 5.95. The van der Waals surface area contributed by atoms with Crippen molar-refractivity contribution in [2.45, 2.75) is 72.9 Å². The highest BCUT2D eigenvalue weighted by Gasteiger charge is 2.26. The molecule has 0 N–H and O–H groups in total. The minimum atomic E-state index is -1.01. The molecule has 0 saturated carbocycles. The lowest BCUT2D eigenvalue weighted by Gasteiger charge is -2.33. The fraction of sp³-hybridized carbons (Fsp3) is 0.607. The number of hydrogen-bond acceptors (Lipinski definition) is 4. The first-order valence-electron chi connectivity index (χ1n) is 13.4. The number of carbonyl (C=O) groups is 2. The molecule has 0 atom stereocenters. The second-order valence-electron chi connectivity index (χ2n) is 10.6. The molecule has 1 aromatic heterocycles. The van der Waals surface area contributed by atoms with E-state index in [1.165, 1.54) is 0 Å². The van der Waals surface area contributed by atoms with Gasteiger partial charge in [0.2, 0.25) is 5.91 Å². The number of aromatic nitrogens is 2. The molecule has 1 aliphatic heterocycles. The standard InChI is InChI=1S/C28H41F2N5O2/c1-7-27(36)35-13-9-11-33(20(4)5)10-8-12-34(18-21-15-23(29)24(30)17-25(21)35)28(37)26-16-22(14-19(2)3)31-32(26)6/h15-17,19-20H,7-14,18H2,1-6H3. The summed E-state index contributed by atoms with van der Waals surface area (Å²) in [7, 11) is 1.75. The monoisotopic (exact) mass is 517 g/mol. The number of carbonyl (C=O) groups excluding carboxylic acids is 2. The van der Waals surface area contributed by atoms with Crippen LogP contribution in [-0.4, -0.2) is 63.6 Å². The molecule has 204 valence electrons. The summed E-state index contributed by atoms with van der Waals surface area (Å²) in [5, 5.41) is 4.52. The van der Waals surface area contributed by atoms with Gasteiger partial charge in [0, 0.05) is 58.3 Å². The number of nitrogens with zero attached hydrogens (tertiary/aromatic N) is 5. The minimum Gasteiger partial charge on any atom is -0.333 e. The molecule has 2 heterocycles. The zero-order chi connectivity index (χ0) is 27.3. The van der Waals surface area contributed by atoms with Gasteiger partial charge in [-0.25, -0.2) is 8.78 Å². The Morgan fingerprint density at radius 2 is 1.62 bits per heavy atom. The summed E-state index contributed by atoms with van der Waals surface area (Å²) < 4.78 is 30.5. The second-order valence-corrected chi connectivity index (χ2v) is 10.6. The van der Waals surface area contributed by atoms with E-state index in [-0.39, 0.29) is 24.8 Å². The summed E-state index contributed by atoms with van der Waals surface area (Å²) in [5.41, 5.74) is 2.04. The molecule has 0 radical (unpaired) electrons. The van der Waals surface area contributed by atoms with Gasteiger partial charge in [0.05, 0.1) is 11.4 Å². The summed E-state index contributed by atoms with van der Waals surface area (Å²) in [4.78, 5) is 32.3. The van der Waals surface area contributed by atoms with Gasteiger partial charge in [-0.05, 0) is 56.7 Å². The molecule has 0 spiro atoms. The summed E-state index contributed by atoms with van der Waals surface area (Å²) in [6.45, 7) is 12.6. The van der Waals surface area contributed by atoms with Gasteiger partial charge in [0.25, 0.3) is 5.91 Å². The van der Waals surface area contributed by atoms with Gasteiger partial charge >= 0.3 is 0 Å². The van der Waals surface area contributed by atoms with Crippen LogP contribution in [-0.2, 0) is 24.8 Å². The zero-order valence-electron chi connectivity index (χ0n) is 23.1. The van der Waals surface area contributed by atoms with Gasteiger partial charge in [-0.3, -0.25) is 14.3 Å². The Labute approximate surface area is 219 Å². The zero-order valence-corrected chi connectivity index (χ0v) is 23.1. The van der Waals surface area contributed by atoms with Gasteiger partial charge in [0.15, 0.2) is 11.6 Å². The summed E-state index contributed by atoms with van der Waals surface area (Å²) in [6, 6.07) is 4.34. The second kappa shape index (κ2) is 12.6. The molecule has 1 aliphatic rings. The van der Waals surface area contributed by atoms with E-state index in [1.54, 1.807) is 28.5 Å². The Morgan fingerprint density at radius 1 is 0.973 bits per heavy atom. The van der Waals surface area contributed by atoms with Crippen LogP contribution in [0.3, 0.4) is 0 Å². The number of amides is 2. The van der Waals surface area contributed by atoms with E-state index in [0.29, 0.717) is 48.4 Å². The maximum absolute atomic E-state index is 14.5. The largest absolute Gasteiger partial charge is 0.333 e. The van der Waals surface area contributed by atoms with E-state index in [9.17, 15) is 18.4 Å². The number of fused-ring (bicyclic) bond motifs is 1. The van der Waals surface area contributed by atoms with Crippen molar-refractivity contribution in [2.75, 3.05) is 31.1 Å². The molecule has 0 bridgehead atoms. The first kappa shape index (κ1) is 28.8. The smallest absolute Gasteiger partial charge is 0.272 e. The van der Waals surface area contributed by atoms with Crippen LogP contribution < -0.4 is 4.90 Å². The van der Waals surface area contributed by atoms with Crippen molar-refractivity contribution in [2.24, 2.45) is 13.0 Å². The highest BCUT2D eigenvalue weighted by Crippen LogP contribution is 2.28. The quantitative estimate of drug-likeness (QED) is 0.572. The Balaban J connectivity index is 2.05. The normalized spacial score (nSPS) is 16.1. The van der Waals surface area contributed by atoms with Crippen molar-refractivity contribution >= 4 is 17.5 Å². The van der Waals surface area contributed by atoms with Crippen molar-refractivity contribution in [1.29, 1.82) is 0 Å². The fourth-order valence-electron chi connectivity index (χ4n) is 4.92. The van der Waals surface area contributed by atoms with E-state index < -0.39 is 11.6 Å². The molecule has 0 saturated heterocycles. The van der Waals surface area contributed by atoms with Crippen LogP contribution in [0.5, 0.6) is 0 Å². The van der Waals surface area contributed by atoms with Crippen LogP contribution in [0.1, 0.15) is 75.6 Å². The molecule has 9 heteroatoms. The van der Waals surface area contributed by atoms with Gasteiger partial charge in [-0.15, -0.1) is 0 Å². The fourth-order valence-corrected chi connectivity index (χ4v) is 4.92. The Morgan fingerprint density at radius 3 is 2.24 bits per heavy atom. The topological polar surface area (TPSA) is 61.7 Å². The molecule has 0 unspecified atom stereocenters. The van der Waals surface area contributed by atoms with E-state index in [1.807, 2.05) is 6.07 Å². The molecular formula is C28H41F2N5O2. The average Bonchev–Trinajstić information content (AvgIpc) is 3.19. The van der Waals surface area contributed by atoms with Crippen molar-refractivity contribution < 1.29 is 18.4 Å². The lowest BCUT2D eigenvalue weighted by Crippen LogP contribution is -2.41. The van der Waals surface area contributed by atoms with Gasteiger partial charge in [0.1, 0.15) is 5.69 Å². The number of aryl methyl sites for hydroxylation is 1. The minimum absolute atomic E-state index is 0.0607. The van der Waals surface area contributed by atoms with Crippen molar-refractivity contribution in [3.8, 4) is 0 Å². The number of anilines is 1. The number of hydrogen-bond donors (Lipinski definition) is 0. The van der Waals surface area contributed by atoms with Crippen LogP contribution >= 0.6 is 0 Å². The predicted octanol–water partition coefficient (Wildman–Crippen LogP) is 4.79. The summed E-state index contributed by atoms with van der Waals surface area (Å²) >= 11 is 0. The molecule has 1 aromatic carbocycles. The van der Waals surface area contributed by atoms with E-state index >= 15 is 0 Å². The van der Waals surface area contributed by atoms with Crippen molar-refractivity contribution in [3.63, 3.8) is 0 Å². The summed E-state index contributed by atoms with van der Waals surface area (Å²) in [5.74, 6) is -1.99. The SMILES string of the molecule is CCC(=O)N1CCCN(C(C)C)CCCN(C(=O)c2cc(CC(C)C)nn2C)Cc2cc(F)c(F)cc21. The molecule has 0 aliphatic carbocycles. The lowest BCUT2D eigenvalue weighted by atomic mass is 10.1. The van der Waals surface area contributed by atoms with E-state index in [4.69, 9.17) is 0 Å². The Kier molecular flexibility index (Phi) is 9.81. The Bertz CT molecular complexity index is 1100. The van der Waals surface area contributed by atoms with E-state index in [2.05, 4.69) is 37.7 Å². The lowest BCUT2D eigenvalue weighted by molar-refractivity contribution is -0.118. The average molecular weight is 518 g/mol. The third-order valence-corrected chi connectivity index (χ3v) is 6.86. The van der Waals surface area contributed by atoms with Crippen molar-refractivity contribution in [1.82, 2.24) is 19.6 Å². The Hall–Kier alpha value is -2.81. The molecule has 7 nitrogen and oxygen atoms in total. The molecule has 0 fully saturated rings. The van der Waals surface area contributed by atoms with Gasteiger partial charge in [-0.1, -0.05) is 20.8 Å². The van der Waals surface area contributed by atoms with Crippen LogP contribution in [0, 0.1) is 17.6 Å². The maximum Gasteiger partial charge on any atom is 0.272 e. The van der Waals surface area contributed by atoms with Crippen LogP contribution in [0.2, 0.25) is 0 Å². The third kappa shape index (κ3) is 7.15. The number of benzene rings is 1. The summed E-state index contributed by atoms with van der Waals surface area (Å²) in [6.07, 6.45) is 2.43. The van der Waals surface area contributed by atoms with Gasteiger partial charge < -0.3 is 14.7 Å². The first-order chi connectivity index (χ1) is 17.5. The molecule has 2 amide bonds. The van der Waals surface area contributed by atoms with Crippen LogP contribution in [0.15, 0.2) is 18.2 Å². The van der Waals surface area contributed by atoms with Crippen LogP contribution in [0.25, 0.3) is 0 Å². The molecule has 3 rings (SSSR count). The van der Waals surface area contributed by atoms with E-state index in [0.717, 1.165) is 43.8 Å². The molecular weight excluding hydrogens is 476 g/mol. The predicted molar refractivity (Wildman–Crippen MR) is 141 cm³/mol.